The molecule has 0 unspecified atom stereocenters. The van der Waals surface area contributed by atoms with Crippen molar-refractivity contribution < 1.29 is 14.6 Å². The molecule has 5 heteroatoms. The Kier molecular flexibility index (Phi) is 5.76. The molecule has 1 aromatic heterocycles. The fourth-order valence-electron chi connectivity index (χ4n) is 1.79. The molecule has 1 rings (SSSR count). The standard InChI is InChI=1S/C14H22N2O3/c1-14(2,7-5-9-17)10-16-12(18)11-6-4-8-15-13(11)19-3/h4,6,8,17H,5,7,9-10H2,1-3H3,(H,16,18). The summed E-state index contributed by atoms with van der Waals surface area (Å²) in [6, 6.07) is 3.39. The molecule has 0 bridgehead atoms. The van der Waals surface area contributed by atoms with E-state index in [1.165, 1.54) is 7.11 Å². The van der Waals surface area contributed by atoms with Gasteiger partial charge in [0.15, 0.2) is 0 Å². The summed E-state index contributed by atoms with van der Waals surface area (Å²) in [7, 11) is 1.49. The molecule has 0 saturated carbocycles. The van der Waals surface area contributed by atoms with Crippen LogP contribution in [-0.4, -0.2) is 36.3 Å². The number of aliphatic hydroxyl groups excluding tert-OH is 1. The Hall–Kier alpha value is -1.62. The van der Waals surface area contributed by atoms with Crippen molar-refractivity contribution in [3.8, 4) is 5.88 Å². The van der Waals surface area contributed by atoms with Crippen LogP contribution in [0.2, 0.25) is 0 Å². The van der Waals surface area contributed by atoms with Gasteiger partial charge in [-0.3, -0.25) is 4.79 Å². The van der Waals surface area contributed by atoms with E-state index in [0.29, 0.717) is 18.0 Å². The summed E-state index contributed by atoms with van der Waals surface area (Å²) in [5.41, 5.74) is 0.386. The lowest BCUT2D eigenvalue weighted by atomic mass is 9.88. The Morgan fingerprint density at radius 1 is 1.53 bits per heavy atom. The molecular formula is C14H22N2O3. The van der Waals surface area contributed by atoms with Crippen LogP contribution in [0.4, 0.5) is 0 Å². The van der Waals surface area contributed by atoms with Gasteiger partial charge in [-0.2, -0.15) is 0 Å². The van der Waals surface area contributed by atoms with E-state index in [4.69, 9.17) is 9.84 Å². The number of methoxy groups -OCH3 is 1. The number of aromatic nitrogens is 1. The van der Waals surface area contributed by atoms with Crippen molar-refractivity contribution in [2.75, 3.05) is 20.3 Å². The lowest BCUT2D eigenvalue weighted by Crippen LogP contribution is -2.34. The van der Waals surface area contributed by atoms with Gasteiger partial charge in [0.05, 0.1) is 7.11 Å². The third-order valence-electron chi connectivity index (χ3n) is 2.95. The summed E-state index contributed by atoms with van der Waals surface area (Å²) in [4.78, 5) is 16.1. The number of amides is 1. The highest BCUT2D eigenvalue weighted by atomic mass is 16.5. The molecule has 1 amide bonds. The van der Waals surface area contributed by atoms with Gasteiger partial charge in [0, 0.05) is 19.3 Å². The molecule has 0 aliphatic rings. The lowest BCUT2D eigenvalue weighted by Gasteiger charge is -2.24. The third-order valence-corrected chi connectivity index (χ3v) is 2.95. The van der Waals surface area contributed by atoms with Crippen molar-refractivity contribution >= 4 is 5.91 Å². The monoisotopic (exact) mass is 266 g/mol. The molecule has 2 N–H and O–H groups in total. The summed E-state index contributed by atoms with van der Waals surface area (Å²) < 4.78 is 5.06. The first-order valence-corrected chi connectivity index (χ1v) is 6.38. The summed E-state index contributed by atoms with van der Waals surface area (Å²) in [5.74, 6) is 0.134. The van der Waals surface area contributed by atoms with E-state index in [9.17, 15) is 4.79 Å². The van der Waals surface area contributed by atoms with Crippen LogP contribution in [0.15, 0.2) is 18.3 Å². The van der Waals surface area contributed by atoms with E-state index in [1.54, 1.807) is 18.3 Å². The van der Waals surface area contributed by atoms with Crippen molar-refractivity contribution in [2.24, 2.45) is 5.41 Å². The number of rotatable bonds is 7. The fraction of sp³-hybridized carbons (Fsp3) is 0.571. The number of pyridine rings is 1. The Morgan fingerprint density at radius 3 is 2.89 bits per heavy atom. The van der Waals surface area contributed by atoms with E-state index >= 15 is 0 Å². The van der Waals surface area contributed by atoms with Gasteiger partial charge in [-0.15, -0.1) is 0 Å². The van der Waals surface area contributed by atoms with E-state index in [-0.39, 0.29) is 17.9 Å². The van der Waals surface area contributed by atoms with Crippen LogP contribution in [0.5, 0.6) is 5.88 Å². The summed E-state index contributed by atoms with van der Waals surface area (Å²) >= 11 is 0. The first-order valence-electron chi connectivity index (χ1n) is 6.38. The quantitative estimate of drug-likeness (QED) is 0.786. The molecule has 1 heterocycles. The van der Waals surface area contributed by atoms with Gasteiger partial charge in [-0.25, -0.2) is 4.98 Å². The maximum Gasteiger partial charge on any atom is 0.256 e. The fourth-order valence-corrected chi connectivity index (χ4v) is 1.79. The van der Waals surface area contributed by atoms with Gasteiger partial charge in [0.1, 0.15) is 5.56 Å². The lowest BCUT2D eigenvalue weighted by molar-refractivity contribution is 0.0929. The van der Waals surface area contributed by atoms with Crippen molar-refractivity contribution in [1.82, 2.24) is 10.3 Å². The molecule has 0 atom stereocenters. The van der Waals surface area contributed by atoms with Gasteiger partial charge in [-0.05, 0) is 30.4 Å². The summed E-state index contributed by atoms with van der Waals surface area (Å²) in [5, 5.41) is 11.7. The smallest absolute Gasteiger partial charge is 0.256 e. The Balaban J connectivity index is 2.60. The SMILES string of the molecule is COc1ncccc1C(=O)NCC(C)(C)CCCO. The average molecular weight is 266 g/mol. The van der Waals surface area contributed by atoms with Crippen LogP contribution in [0, 0.1) is 5.41 Å². The molecule has 19 heavy (non-hydrogen) atoms. The van der Waals surface area contributed by atoms with Crippen molar-refractivity contribution in [3.63, 3.8) is 0 Å². The number of nitrogens with one attached hydrogen (secondary N) is 1. The molecule has 0 saturated heterocycles. The predicted molar refractivity (Wildman–Crippen MR) is 73.2 cm³/mol. The number of nitrogens with zero attached hydrogens (tertiary/aromatic N) is 1. The highest BCUT2D eigenvalue weighted by Gasteiger charge is 2.20. The second kappa shape index (κ2) is 7.09. The molecular weight excluding hydrogens is 244 g/mol. The molecule has 5 nitrogen and oxygen atoms in total. The zero-order valence-corrected chi connectivity index (χ0v) is 11.8. The normalized spacial score (nSPS) is 11.2. The first-order chi connectivity index (χ1) is 9.00. The minimum atomic E-state index is -0.193. The molecule has 0 aliphatic heterocycles. The zero-order chi connectivity index (χ0) is 14.3. The van der Waals surface area contributed by atoms with Crippen LogP contribution in [0.25, 0.3) is 0 Å². The molecule has 0 radical (unpaired) electrons. The number of carbonyl (C=O) groups excluding carboxylic acids is 1. The maximum absolute atomic E-state index is 12.1. The number of aliphatic hydroxyl groups is 1. The van der Waals surface area contributed by atoms with E-state index in [1.807, 2.05) is 0 Å². The predicted octanol–water partition coefficient (Wildman–Crippen LogP) is 1.62. The zero-order valence-electron chi connectivity index (χ0n) is 11.8. The Labute approximate surface area is 114 Å². The summed E-state index contributed by atoms with van der Waals surface area (Å²) in [6.07, 6.45) is 3.17. The van der Waals surface area contributed by atoms with Crippen LogP contribution >= 0.6 is 0 Å². The van der Waals surface area contributed by atoms with Crippen LogP contribution < -0.4 is 10.1 Å². The Morgan fingerprint density at radius 2 is 2.26 bits per heavy atom. The van der Waals surface area contributed by atoms with E-state index < -0.39 is 0 Å². The van der Waals surface area contributed by atoms with Gasteiger partial charge in [-0.1, -0.05) is 13.8 Å². The molecule has 0 spiro atoms. The number of hydrogen-bond acceptors (Lipinski definition) is 4. The second-order valence-corrected chi connectivity index (χ2v) is 5.23. The van der Waals surface area contributed by atoms with Gasteiger partial charge in [0.2, 0.25) is 5.88 Å². The number of ether oxygens (including phenoxy) is 1. The molecule has 0 aliphatic carbocycles. The average Bonchev–Trinajstić information content (AvgIpc) is 2.42. The molecule has 1 aromatic rings. The molecule has 0 aromatic carbocycles. The van der Waals surface area contributed by atoms with Crippen molar-refractivity contribution in [2.45, 2.75) is 26.7 Å². The van der Waals surface area contributed by atoms with Crippen LogP contribution in [-0.2, 0) is 0 Å². The maximum atomic E-state index is 12.1. The largest absolute Gasteiger partial charge is 0.480 e. The highest BCUT2D eigenvalue weighted by Crippen LogP contribution is 2.21. The van der Waals surface area contributed by atoms with E-state index in [0.717, 1.165) is 12.8 Å². The second-order valence-electron chi connectivity index (χ2n) is 5.23. The van der Waals surface area contributed by atoms with Crippen molar-refractivity contribution in [1.29, 1.82) is 0 Å². The Bertz CT molecular complexity index is 419. The van der Waals surface area contributed by atoms with Crippen molar-refractivity contribution in [3.05, 3.63) is 23.9 Å². The van der Waals surface area contributed by atoms with E-state index in [2.05, 4.69) is 24.1 Å². The molecule has 106 valence electrons. The van der Waals surface area contributed by atoms with Gasteiger partial charge >= 0.3 is 0 Å². The first kappa shape index (κ1) is 15.4. The number of carbonyl (C=O) groups is 1. The third kappa shape index (κ3) is 4.87. The van der Waals surface area contributed by atoms with Gasteiger partial charge < -0.3 is 15.2 Å². The number of hydrogen-bond donors (Lipinski definition) is 2. The van der Waals surface area contributed by atoms with Crippen LogP contribution in [0.3, 0.4) is 0 Å². The van der Waals surface area contributed by atoms with Gasteiger partial charge in [0.25, 0.3) is 5.91 Å². The minimum Gasteiger partial charge on any atom is -0.480 e. The van der Waals surface area contributed by atoms with Crippen LogP contribution in [0.1, 0.15) is 37.0 Å². The minimum absolute atomic E-state index is 0.0478. The topological polar surface area (TPSA) is 71.5 Å². The summed E-state index contributed by atoms with van der Waals surface area (Å²) in [6.45, 7) is 4.84. The molecule has 0 fully saturated rings. The highest BCUT2D eigenvalue weighted by molar-refractivity contribution is 5.96.